The molecule has 1 saturated heterocycles. The zero-order valence-electron chi connectivity index (χ0n) is 18.8. The Kier molecular flexibility index (Phi) is 7.76. The third kappa shape index (κ3) is 6.44. The molecule has 0 saturated carbocycles. The highest BCUT2D eigenvalue weighted by Crippen LogP contribution is 2.29. The lowest BCUT2D eigenvalue weighted by molar-refractivity contribution is -0.121. The molecule has 4 rings (SSSR count). The standard InChI is InChI=1S/C24H24FN5O4S/c25-17-8-4-15(5-9-17)21(32)28-29-22(33)16-6-10-18(11-7-16)26-20(31)14-19-23(34)27-24(35-19)30-12-2-1-3-13-30/h4-11,19H,1-3,12-14H2,(H,26,31)(H,28,32)(H,29,33). The Bertz CT molecular complexity index is 1150. The van der Waals surface area contributed by atoms with Crippen LogP contribution in [0.1, 0.15) is 46.4 Å². The van der Waals surface area contributed by atoms with Crippen molar-refractivity contribution in [1.82, 2.24) is 15.8 Å². The van der Waals surface area contributed by atoms with Crippen molar-refractivity contribution in [2.45, 2.75) is 30.9 Å². The van der Waals surface area contributed by atoms with E-state index in [4.69, 9.17) is 0 Å². The fourth-order valence-electron chi connectivity index (χ4n) is 3.67. The van der Waals surface area contributed by atoms with Gasteiger partial charge >= 0.3 is 0 Å². The van der Waals surface area contributed by atoms with E-state index >= 15 is 0 Å². The Balaban J connectivity index is 1.24. The first-order valence-corrected chi connectivity index (χ1v) is 12.1. The Hall–Kier alpha value is -3.73. The van der Waals surface area contributed by atoms with Gasteiger partial charge in [-0.2, -0.15) is 4.99 Å². The minimum Gasteiger partial charge on any atom is -0.351 e. The maximum absolute atomic E-state index is 13.0. The predicted molar refractivity (Wildman–Crippen MR) is 130 cm³/mol. The van der Waals surface area contributed by atoms with Gasteiger partial charge in [-0.15, -0.1) is 0 Å². The molecule has 2 aromatic rings. The highest BCUT2D eigenvalue weighted by Gasteiger charge is 2.33. The predicted octanol–water partition coefficient (Wildman–Crippen LogP) is 2.71. The van der Waals surface area contributed by atoms with Crippen LogP contribution in [0.15, 0.2) is 53.5 Å². The summed E-state index contributed by atoms with van der Waals surface area (Å²) >= 11 is 1.34. The summed E-state index contributed by atoms with van der Waals surface area (Å²) in [5.41, 5.74) is 5.45. The summed E-state index contributed by atoms with van der Waals surface area (Å²) in [6.07, 6.45) is 3.34. The van der Waals surface area contributed by atoms with Crippen molar-refractivity contribution in [3.8, 4) is 0 Å². The molecule has 0 spiro atoms. The van der Waals surface area contributed by atoms with E-state index in [-0.39, 0.29) is 29.4 Å². The van der Waals surface area contributed by atoms with Crippen molar-refractivity contribution in [1.29, 1.82) is 0 Å². The number of hydrazine groups is 1. The number of piperidine rings is 1. The second kappa shape index (κ2) is 11.1. The number of thioether (sulfide) groups is 1. The summed E-state index contributed by atoms with van der Waals surface area (Å²) < 4.78 is 13.0. The van der Waals surface area contributed by atoms with Crippen molar-refractivity contribution in [3.63, 3.8) is 0 Å². The molecule has 3 N–H and O–H groups in total. The topological polar surface area (TPSA) is 120 Å². The van der Waals surface area contributed by atoms with Crippen LogP contribution in [0.3, 0.4) is 0 Å². The summed E-state index contributed by atoms with van der Waals surface area (Å²) in [7, 11) is 0. The molecule has 1 fully saturated rings. The normalized spacial score (nSPS) is 17.5. The van der Waals surface area contributed by atoms with E-state index in [1.807, 2.05) is 0 Å². The van der Waals surface area contributed by atoms with E-state index in [1.54, 1.807) is 12.1 Å². The largest absolute Gasteiger partial charge is 0.351 e. The lowest BCUT2D eigenvalue weighted by atomic mass is 10.1. The summed E-state index contributed by atoms with van der Waals surface area (Å²) in [6.45, 7) is 1.77. The van der Waals surface area contributed by atoms with Crippen LogP contribution >= 0.6 is 11.8 Å². The molecule has 182 valence electrons. The van der Waals surface area contributed by atoms with E-state index < -0.39 is 22.9 Å². The van der Waals surface area contributed by atoms with Crippen LogP contribution in [0, 0.1) is 5.82 Å². The lowest BCUT2D eigenvalue weighted by Gasteiger charge is -2.27. The van der Waals surface area contributed by atoms with Crippen LogP contribution in [0.25, 0.3) is 0 Å². The first-order chi connectivity index (χ1) is 16.9. The lowest BCUT2D eigenvalue weighted by Crippen LogP contribution is -2.41. The van der Waals surface area contributed by atoms with Crippen molar-refractivity contribution >= 4 is 46.2 Å². The average Bonchev–Trinajstić information content (AvgIpc) is 3.23. The highest BCUT2D eigenvalue weighted by atomic mass is 32.2. The summed E-state index contributed by atoms with van der Waals surface area (Å²) in [4.78, 5) is 55.2. The van der Waals surface area contributed by atoms with Crippen molar-refractivity contribution in [3.05, 3.63) is 65.5 Å². The van der Waals surface area contributed by atoms with Gasteiger partial charge in [0.2, 0.25) is 5.91 Å². The Morgan fingerprint density at radius 3 is 2.09 bits per heavy atom. The van der Waals surface area contributed by atoms with Crippen LogP contribution in [-0.2, 0) is 9.59 Å². The molecule has 11 heteroatoms. The maximum atomic E-state index is 13.0. The van der Waals surface area contributed by atoms with Gasteiger partial charge < -0.3 is 10.2 Å². The number of nitrogens with zero attached hydrogens (tertiary/aromatic N) is 2. The number of aliphatic imine (C=N–C) groups is 1. The van der Waals surface area contributed by atoms with Gasteiger partial charge in [0.1, 0.15) is 11.1 Å². The first kappa shape index (κ1) is 24.4. The molecule has 35 heavy (non-hydrogen) atoms. The minimum absolute atomic E-state index is 0.00198. The van der Waals surface area contributed by atoms with Crippen molar-refractivity contribution in [2.75, 3.05) is 18.4 Å². The van der Waals surface area contributed by atoms with Crippen LogP contribution in [0.5, 0.6) is 0 Å². The summed E-state index contributed by atoms with van der Waals surface area (Å²) in [5, 5.41) is 2.89. The quantitative estimate of drug-likeness (QED) is 0.547. The smallest absolute Gasteiger partial charge is 0.269 e. The third-order valence-corrected chi connectivity index (χ3v) is 6.77. The fourth-order valence-corrected chi connectivity index (χ4v) is 4.79. The van der Waals surface area contributed by atoms with Gasteiger partial charge in [0.25, 0.3) is 17.7 Å². The Morgan fingerprint density at radius 2 is 1.49 bits per heavy atom. The molecule has 0 aliphatic carbocycles. The molecule has 2 aliphatic heterocycles. The van der Waals surface area contributed by atoms with Gasteiger partial charge in [-0.3, -0.25) is 30.0 Å². The number of amidine groups is 1. The number of nitrogens with one attached hydrogen (secondary N) is 3. The molecular weight excluding hydrogens is 473 g/mol. The van der Waals surface area contributed by atoms with Crippen LogP contribution < -0.4 is 16.2 Å². The minimum atomic E-state index is -0.589. The monoisotopic (exact) mass is 497 g/mol. The second-order valence-electron chi connectivity index (χ2n) is 8.13. The number of hydrogen-bond acceptors (Lipinski definition) is 6. The number of likely N-dealkylation sites (tertiary alicyclic amines) is 1. The van der Waals surface area contributed by atoms with Gasteiger partial charge in [-0.25, -0.2) is 4.39 Å². The number of anilines is 1. The fraction of sp³-hybridized carbons (Fsp3) is 0.292. The zero-order valence-corrected chi connectivity index (χ0v) is 19.6. The van der Waals surface area contributed by atoms with Crippen LogP contribution in [0.2, 0.25) is 0 Å². The molecule has 2 aliphatic rings. The summed E-state index contributed by atoms with van der Waals surface area (Å²) in [5.74, 6) is -2.24. The number of rotatable bonds is 5. The molecular formula is C24H24FN5O4S. The van der Waals surface area contributed by atoms with Crippen LogP contribution in [0.4, 0.5) is 10.1 Å². The highest BCUT2D eigenvalue weighted by molar-refractivity contribution is 8.15. The maximum Gasteiger partial charge on any atom is 0.269 e. The van der Waals surface area contributed by atoms with E-state index in [2.05, 4.69) is 26.1 Å². The average molecular weight is 498 g/mol. The Labute approximate surface area is 205 Å². The SMILES string of the molecule is O=C(CC1SC(N2CCCCC2)=NC1=O)Nc1ccc(C(=O)NNC(=O)c2ccc(F)cc2)cc1. The van der Waals surface area contributed by atoms with E-state index in [0.717, 1.165) is 38.1 Å². The van der Waals surface area contributed by atoms with Crippen LogP contribution in [-0.4, -0.2) is 52.0 Å². The van der Waals surface area contributed by atoms with Gasteiger partial charge in [-0.1, -0.05) is 11.8 Å². The van der Waals surface area contributed by atoms with Crippen molar-refractivity contribution < 1.29 is 23.6 Å². The summed E-state index contributed by atoms with van der Waals surface area (Å²) in [6, 6.07) is 11.0. The first-order valence-electron chi connectivity index (χ1n) is 11.2. The number of carbonyl (C=O) groups excluding carboxylic acids is 4. The molecule has 9 nitrogen and oxygen atoms in total. The van der Waals surface area contributed by atoms with E-state index in [0.29, 0.717) is 10.9 Å². The number of benzene rings is 2. The second-order valence-corrected chi connectivity index (χ2v) is 9.30. The van der Waals surface area contributed by atoms with Gasteiger partial charge in [0.15, 0.2) is 5.17 Å². The van der Waals surface area contributed by atoms with E-state index in [9.17, 15) is 23.6 Å². The van der Waals surface area contributed by atoms with Gasteiger partial charge in [0, 0.05) is 36.3 Å². The van der Waals surface area contributed by atoms with Crippen molar-refractivity contribution in [2.24, 2.45) is 4.99 Å². The molecule has 0 aromatic heterocycles. The van der Waals surface area contributed by atoms with E-state index in [1.165, 1.54) is 42.4 Å². The third-order valence-electron chi connectivity index (χ3n) is 5.55. The Morgan fingerprint density at radius 1 is 0.914 bits per heavy atom. The molecule has 4 amide bonds. The number of hydrogen-bond donors (Lipinski definition) is 3. The zero-order chi connectivity index (χ0) is 24.8. The number of carbonyl (C=O) groups is 4. The molecule has 1 atom stereocenters. The van der Waals surface area contributed by atoms with Gasteiger partial charge in [-0.05, 0) is 67.8 Å². The number of halogens is 1. The molecule has 0 radical (unpaired) electrons. The molecule has 2 heterocycles. The molecule has 0 bridgehead atoms. The number of amides is 4. The van der Waals surface area contributed by atoms with Gasteiger partial charge in [0.05, 0.1) is 0 Å². The molecule has 1 unspecified atom stereocenters. The molecule has 2 aromatic carbocycles.